The lowest BCUT2D eigenvalue weighted by Gasteiger charge is -2.31. The Balaban J connectivity index is 1.45. The highest BCUT2D eigenvalue weighted by atomic mass is 32.1. The number of aromatic nitrogens is 2. The van der Waals surface area contributed by atoms with Gasteiger partial charge in [-0.3, -0.25) is 4.90 Å². The Bertz CT molecular complexity index is 796. The third-order valence-electron chi connectivity index (χ3n) is 4.50. The molecule has 1 aliphatic rings. The van der Waals surface area contributed by atoms with E-state index >= 15 is 0 Å². The number of rotatable bonds is 4. The van der Waals surface area contributed by atoms with Crippen molar-refractivity contribution in [1.82, 2.24) is 15.1 Å². The van der Waals surface area contributed by atoms with Crippen LogP contribution in [0.15, 0.2) is 46.9 Å². The van der Waals surface area contributed by atoms with Gasteiger partial charge in [-0.05, 0) is 44.0 Å². The summed E-state index contributed by atoms with van der Waals surface area (Å²) in [6.07, 6.45) is 2.30. The molecule has 0 saturated carbocycles. The summed E-state index contributed by atoms with van der Waals surface area (Å²) in [5.41, 5.74) is 1.36. The zero-order chi connectivity index (χ0) is 16.4. The molecule has 0 N–H and O–H groups in total. The van der Waals surface area contributed by atoms with E-state index in [4.69, 9.17) is 4.42 Å². The molecule has 1 aliphatic heterocycles. The number of piperidine rings is 1. The van der Waals surface area contributed by atoms with Crippen LogP contribution in [0, 0.1) is 6.92 Å². The lowest BCUT2D eigenvalue weighted by atomic mass is 9.97. The molecule has 3 heterocycles. The topological polar surface area (TPSA) is 42.2 Å². The summed E-state index contributed by atoms with van der Waals surface area (Å²) < 4.78 is 5.98. The molecule has 0 spiro atoms. The Kier molecular flexibility index (Phi) is 4.45. The van der Waals surface area contributed by atoms with Gasteiger partial charge in [0.2, 0.25) is 5.89 Å². The van der Waals surface area contributed by atoms with E-state index < -0.39 is 0 Å². The van der Waals surface area contributed by atoms with Crippen molar-refractivity contribution >= 4 is 11.3 Å². The zero-order valence-electron chi connectivity index (χ0n) is 13.8. The maximum Gasteiger partial charge on any atom is 0.257 e. The average Bonchev–Trinajstić information content (AvgIpc) is 3.25. The Morgan fingerprint density at radius 1 is 1.17 bits per heavy atom. The van der Waals surface area contributed by atoms with Gasteiger partial charge in [0, 0.05) is 18.0 Å². The van der Waals surface area contributed by atoms with Gasteiger partial charge < -0.3 is 4.42 Å². The van der Waals surface area contributed by atoms with Gasteiger partial charge in [-0.1, -0.05) is 30.3 Å². The third kappa shape index (κ3) is 3.42. The van der Waals surface area contributed by atoms with Crippen LogP contribution in [0.3, 0.4) is 0 Å². The first-order chi connectivity index (χ1) is 11.8. The quantitative estimate of drug-likeness (QED) is 0.702. The van der Waals surface area contributed by atoms with E-state index in [0.29, 0.717) is 11.8 Å². The first-order valence-electron chi connectivity index (χ1n) is 8.44. The van der Waals surface area contributed by atoms with Gasteiger partial charge in [-0.2, -0.15) is 0 Å². The van der Waals surface area contributed by atoms with Crippen LogP contribution in [0.25, 0.3) is 10.8 Å². The Morgan fingerprint density at radius 2 is 2.04 bits per heavy atom. The summed E-state index contributed by atoms with van der Waals surface area (Å²) in [5.74, 6) is 1.78. The molecule has 24 heavy (non-hydrogen) atoms. The molecule has 1 atom stereocenters. The Morgan fingerprint density at radius 3 is 2.83 bits per heavy atom. The SMILES string of the molecule is Cc1ccc(-c2nnc([C@H]3CCCN(Cc4ccccc4)C3)o2)s1. The fraction of sp³-hybridized carbons (Fsp3) is 0.368. The Labute approximate surface area is 146 Å². The van der Waals surface area contributed by atoms with E-state index in [-0.39, 0.29) is 0 Å². The van der Waals surface area contributed by atoms with Crippen LogP contribution >= 0.6 is 11.3 Å². The summed E-state index contributed by atoms with van der Waals surface area (Å²) in [5, 5.41) is 8.59. The number of hydrogen-bond acceptors (Lipinski definition) is 5. The van der Waals surface area contributed by atoms with Gasteiger partial charge in [0.25, 0.3) is 5.89 Å². The molecule has 5 heteroatoms. The molecule has 1 saturated heterocycles. The highest BCUT2D eigenvalue weighted by Crippen LogP contribution is 2.31. The number of hydrogen-bond donors (Lipinski definition) is 0. The molecule has 3 aromatic rings. The normalized spacial score (nSPS) is 18.8. The van der Waals surface area contributed by atoms with Crippen LogP contribution in [0.5, 0.6) is 0 Å². The minimum absolute atomic E-state index is 0.338. The van der Waals surface area contributed by atoms with Crippen LogP contribution in [-0.2, 0) is 6.54 Å². The van der Waals surface area contributed by atoms with Crippen molar-refractivity contribution < 1.29 is 4.42 Å². The molecule has 0 unspecified atom stereocenters. The maximum absolute atomic E-state index is 5.98. The van der Waals surface area contributed by atoms with Crippen molar-refractivity contribution in [2.45, 2.75) is 32.2 Å². The van der Waals surface area contributed by atoms with Crippen LogP contribution < -0.4 is 0 Å². The average molecular weight is 339 g/mol. The molecular weight excluding hydrogens is 318 g/mol. The van der Waals surface area contributed by atoms with Gasteiger partial charge in [0.15, 0.2) is 0 Å². The second kappa shape index (κ2) is 6.87. The molecule has 0 aliphatic carbocycles. The summed E-state index contributed by atoms with van der Waals surface area (Å²) in [6, 6.07) is 14.8. The molecule has 1 fully saturated rings. The molecule has 2 aromatic heterocycles. The number of likely N-dealkylation sites (tertiary alicyclic amines) is 1. The second-order valence-corrected chi connectivity index (χ2v) is 7.70. The third-order valence-corrected chi connectivity index (χ3v) is 5.48. The fourth-order valence-corrected chi connectivity index (χ4v) is 4.08. The van der Waals surface area contributed by atoms with E-state index in [1.54, 1.807) is 11.3 Å². The minimum Gasteiger partial charge on any atom is -0.420 e. The van der Waals surface area contributed by atoms with Gasteiger partial charge in [-0.25, -0.2) is 0 Å². The van der Waals surface area contributed by atoms with E-state index in [1.165, 1.54) is 16.9 Å². The van der Waals surface area contributed by atoms with Crippen LogP contribution in [0.4, 0.5) is 0 Å². The van der Waals surface area contributed by atoms with Crippen molar-refractivity contribution in [3.8, 4) is 10.8 Å². The maximum atomic E-state index is 5.98. The molecule has 4 rings (SSSR count). The number of thiophene rings is 1. The molecule has 0 radical (unpaired) electrons. The highest BCUT2D eigenvalue weighted by Gasteiger charge is 2.26. The van der Waals surface area contributed by atoms with Crippen molar-refractivity contribution in [2.24, 2.45) is 0 Å². The van der Waals surface area contributed by atoms with Gasteiger partial charge in [0.05, 0.1) is 10.8 Å². The lowest BCUT2D eigenvalue weighted by Crippen LogP contribution is -2.34. The van der Waals surface area contributed by atoms with Crippen LogP contribution in [0.2, 0.25) is 0 Å². The monoisotopic (exact) mass is 339 g/mol. The highest BCUT2D eigenvalue weighted by molar-refractivity contribution is 7.15. The fourth-order valence-electron chi connectivity index (χ4n) is 3.29. The summed E-state index contributed by atoms with van der Waals surface area (Å²) in [7, 11) is 0. The molecule has 4 nitrogen and oxygen atoms in total. The first kappa shape index (κ1) is 15.5. The van der Waals surface area contributed by atoms with Gasteiger partial charge in [-0.15, -0.1) is 21.5 Å². The van der Waals surface area contributed by atoms with Crippen molar-refractivity contribution in [2.75, 3.05) is 13.1 Å². The van der Waals surface area contributed by atoms with E-state index in [2.05, 4.69) is 64.5 Å². The minimum atomic E-state index is 0.338. The van der Waals surface area contributed by atoms with Crippen LogP contribution in [-0.4, -0.2) is 28.2 Å². The summed E-state index contributed by atoms with van der Waals surface area (Å²) >= 11 is 1.70. The summed E-state index contributed by atoms with van der Waals surface area (Å²) in [6.45, 7) is 5.20. The van der Waals surface area contributed by atoms with E-state index in [9.17, 15) is 0 Å². The molecule has 0 amide bonds. The number of benzene rings is 1. The molecule has 0 bridgehead atoms. The zero-order valence-corrected chi connectivity index (χ0v) is 14.6. The van der Waals surface area contributed by atoms with Crippen LogP contribution in [0.1, 0.15) is 35.1 Å². The predicted molar refractivity (Wildman–Crippen MR) is 96.0 cm³/mol. The first-order valence-corrected chi connectivity index (χ1v) is 9.26. The van der Waals surface area contributed by atoms with E-state index in [1.807, 2.05) is 0 Å². The second-order valence-electron chi connectivity index (χ2n) is 6.42. The lowest BCUT2D eigenvalue weighted by molar-refractivity contribution is 0.186. The largest absolute Gasteiger partial charge is 0.420 e. The molecule has 1 aromatic carbocycles. The van der Waals surface area contributed by atoms with Crippen molar-refractivity contribution in [1.29, 1.82) is 0 Å². The van der Waals surface area contributed by atoms with Gasteiger partial charge >= 0.3 is 0 Å². The number of nitrogens with zero attached hydrogens (tertiary/aromatic N) is 3. The molecule has 124 valence electrons. The molecular formula is C19H21N3OS. The number of aryl methyl sites for hydroxylation is 1. The smallest absolute Gasteiger partial charge is 0.257 e. The van der Waals surface area contributed by atoms with E-state index in [0.717, 1.165) is 36.8 Å². The van der Waals surface area contributed by atoms with Crippen molar-refractivity contribution in [3.63, 3.8) is 0 Å². The predicted octanol–water partition coefficient (Wildman–Crippen LogP) is 4.49. The van der Waals surface area contributed by atoms with Crippen molar-refractivity contribution in [3.05, 3.63) is 58.8 Å². The van der Waals surface area contributed by atoms with Gasteiger partial charge in [0.1, 0.15) is 0 Å². The summed E-state index contributed by atoms with van der Waals surface area (Å²) in [4.78, 5) is 4.81. The Hall–Kier alpha value is -1.98. The standard InChI is InChI=1S/C19H21N3OS/c1-14-9-10-17(24-14)19-21-20-18(23-19)16-8-5-11-22(13-16)12-15-6-3-2-4-7-15/h2-4,6-7,9-10,16H,5,8,11-13H2,1H3/t16-/m0/s1.